The van der Waals surface area contributed by atoms with Crippen LogP contribution in [0.1, 0.15) is 49.0 Å². The van der Waals surface area contributed by atoms with Gasteiger partial charge in [-0.25, -0.2) is 0 Å². The maximum absolute atomic E-state index is 13.2. The summed E-state index contributed by atoms with van der Waals surface area (Å²) in [5, 5.41) is 7.26. The van der Waals surface area contributed by atoms with Crippen molar-refractivity contribution in [3.63, 3.8) is 0 Å². The highest BCUT2D eigenvalue weighted by Gasteiger charge is 2.41. The first-order valence-corrected chi connectivity index (χ1v) is 11.4. The van der Waals surface area contributed by atoms with Crippen LogP contribution in [0.5, 0.6) is 5.75 Å². The number of benzene rings is 1. The Bertz CT molecular complexity index is 898. The quantitative estimate of drug-likeness (QED) is 0.735. The molecule has 2 saturated heterocycles. The molecule has 2 aliphatic rings. The molecule has 0 aliphatic carbocycles. The van der Waals surface area contributed by atoms with E-state index in [0.29, 0.717) is 42.6 Å². The highest BCUT2D eigenvalue weighted by molar-refractivity contribution is 6.30. The van der Waals surface area contributed by atoms with Gasteiger partial charge < -0.3 is 14.5 Å². The number of piperidine rings is 2. The van der Waals surface area contributed by atoms with Gasteiger partial charge in [-0.3, -0.25) is 14.7 Å². The molecular weight excluding hydrogens is 416 g/mol. The average molecular weight is 445 g/mol. The molecule has 8 heteroatoms. The molecule has 166 valence electrons. The zero-order valence-corrected chi connectivity index (χ0v) is 18.4. The fraction of sp³-hybridized carbons (Fsp3) is 0.522. The van der Waals surface area contributed by atoms with Crippen LogP contribution in [0.25, 0.3) is 0 Å². The lowest BCUT2D eigenvalue weighted by Gasteiger charge is -2.43. The van der Waals surface area contributed by atoms with Gasteiger partial charge in [-0.2, -0.15) is 5.10 Å². The first kappa shape index (κ1) is 21.7. The van der Waals surface area contributed by atoms with E-state index in [0.717, 1.165) is 38.8 Å². The van der Waals surface area contributed by atoms with Gasteiger partial charge in [0.15, 0.2) is 0 Å². The lowest BCUT2D eigenvalue weighted by molar-refractivity contribution is -0.136. The molecule has 1 unspecified atom stereocenters. The van der Waals surface area contributed by atoms with Crippen molar-refractivity contribution in [3.8, 4) is 5.75 Å². The van der Waals surface area contributed by atoms with Crippen LogP contribution in [-0.4, -0.2) is 64.6 Å². The summed E-state index contributed by atoms with van der Waals surface area (Å²) in [5.74, 6) is 0.745. The molecule has 2 aliphatic heterocycles. The van der Waals surface area contributed by atoms with E-state index < -0.39 is 5.41 Å². The van der Waals surface area contributed by atoms with Gasteiger partial charge in [0.25, 0.3) is 5.91 Å². The fourth-order valence-electron chi connectivity index (χ4n) is 4.61. The smallest absolute Gasteiger partial charge is 0.271 e. The van der Waals surface area contributed by atoms with Crippen molar-refractivity contribution in [2.75, 3.05) is 32.8 Å². The number of nitrogens with zero attached hydrogens (tertiary/aromatic N) is 3. The van der Waals surface area contributed by atoms with E-state index in [1.54, 1.807) is 24.4 Å². The van der Waals surface area contributed by atoms with E-state index in [1.165, 1.54) is 6.42 Å². The summed E-state index contributed by atoms with van der Waals surface area (Å²) in [6, 6.07) is 8.97. The molecular formula is C23H29ClN4O3. The Hall–Kier alpha value is -2.54. The SMILES string of the molecule is O=C(CC1(COc2cccc(Cl)c2)CCCN(C(=O)c2ccn[nH]2)C1)N1CCCCC1. The number of hydrogen-bond donors (Lipinski definition) is 1. The van der Waals surface area contributed by atoms with Crippen LogP contribution < -0.4 is 4.74 Å². The standard InChI is InChI=1S/C23H29ClN4O3/c24-18-6-4-7-19(14-18)31-17-23(15-21(29)27-11-2-1-3-12-27)9-5-13-28(16-23)22(30)20-8-10-25-26-20/h4,6-8,10,14H,1-3,5,9,11-13,15-17H2,(H,25,26). The van der Waals surface area contributed by atoms with E-state index >= 15 is 0 Å². The third-order valence-corrected chi connectivity index (χ3v) is 6.49. The summed E-state index contributed by atoms with van der Waals surface area (Å²) in [7, 11) is 0. The molecule has 2 aromatic rings. The summed E-state index contributed by atoms with van der Waals surface area (Å²) in [4.78, 5) is 29.9. The molecule has 2 amide bonds. The van der Waals surface area contributed by atoms with Crippen molar-refractivity contribution in [2.45, 2.75) is 38.5 Å². The number of H-pyrrole nitrogens is 1. The number of nitrogens with one attached hydrogen (secondary N) is 1. The maximum atomic E-state index is 13.2. The van der Waals surface area contributed by atoms with Gasteiger partial charge in [0.05, 0.1) is 6.61 Å². The molecule has 0 bridgehead atoms. The number of rotatable bonds is 6. The normalized spacial score (nSPS) is 21.7. The number of ether oxygens (including phenoxy) is 1. The molecule has 0 radical (unpaired) electrons. The number of likely N-dealkylation sites (tertiary alicyclic amines) is 2. The van der Waals surface area contributed by atoms with Crippen LogP contribution in [0.3, 0.4) is 0 Å². The average Bonchev–Trinajstić information content (AvgIpc) is 3.33. The number of aromatic amines is 1. The van der Waals surface area contributed by atoms with Crippen LogP contribution in [-0.2, 0) is 4.79 Å². The van der Waals surface area contributed by atoms with Crippen LogP contribution in [0, 0.1) is 5.41 Å². The Morgan fingerprint density at radius 3 is 2.65 bits per heavy atom. The fourth-order valence-corrected chi connectivity index (χ4v) is 4.79. The van der Waals surface area contributed by atoms with Crippen molar-refractivity contribution in [1.29, 1.82) is 0 Å². The summed E-state index contributed by atoms with van der Waals surface area (Å²) in [6.45, 7) is 3.14. The van der Waals surface area contributed by atoms with Crippen LogP contribution in [0.4, 0.5) is 0 Å². The highest BCUT2D eigenvalue weighted by atomic mass is 35.5. The molecule has 0 saturated carbocycles. The lowest BCUT2D eigenvalue weighted by atomic mass is 9.77. The number of carbonyl (C=O) groups excluding carboxylic acids is 2. The first-order chi connectivity index (χ1) is 15.0. The minimum absolute atomic E-state index is 0.0882. The Kier molecular flexibility index (Phi) is 6.80. The molecule has 4 rings (SSSR count). The maximum Gasteiger partial charge on any atom is 0.271 e. The van der Waals surface area contributed by atoms with E-state index in [-0.39, 0.29) is 11.8 Å². The molecule has 3 heterocycles. The Morgan fingerprint density at radius 2 is 1.90 bits per heavy atom. The third-order valence-electron chi connectivity index (χ3n) is 6.26. The molecule has 2 fully saturated rings. The monoisotopic (exact) mass is 444 g/mol. The second kappa shape index (κ2) is 9.73. The number of halogens is 1. The zero-order chi connectivity index (χ0) is 21.7. The van der Waals surface area contributed by atoms with Gasteiger partial charge in [0.2, 0.25) is 5.91 Å². The summed E-state index contributed by atoms with van der Waals surface area (Å²) in [5.41, 5.74) is 0.0269. The minimum atomic E-state index is -0.440. The van der Waals surface area contributed by atoms with Crippen LogP contribution >= 0.6 is 11.6 Å². The van der Waals surface area contributed by atoms with Crippen LogP contribution in [0.15, 0.2) is 36.5 Å². The van der Waals surface area contributed by atoms with Crippen molar-refractivity contribution in [1.82, 2.24) is 20.0 Å². The summed E-state index contributed by atoms with van der Waals surface area (Å²) in [6.07, 6.45) is 6.91. The molecule has 7 nitrogen and oxygen atoms in total. The molecule has 31 heavy (non-hydrogen) atoms. The number of hydrogen-bond acceptors (Lipinski definition) is 4. The van der Waals surface area contributed by atoms with E-state index in [2.05, 4.69) is 10.2 Å². The van der Waals surface area contributed by atoms with Crippen molar-refractivity contribution in [2.24, 2.45) is 5.41 Å². The Labute approximate surface area is 187 Å². The largest absolute Gasteiger partial charge is 0.493 e. The summed E-state index contributed by atoms with van der Waals surface area (Å²) < 4.78 is 6.12. The van der Waals surface area contributed by atoms with Crippen LogP contribution in [0.2, 0.25) is 5.02 Å². The minimum Gasteiger partial charge on any atom is -0.493 e. The number of aromatic nitrogens is 2. The molecule has 1 atom stereocenters. The summed E-state index contributed by atoms with van der Waals surface area (Å²) >= 11 is 6.11. The number of amides is 2. The second-order valence-corrected chi connectivity index (χ2v) is 9.10. The lowest BCUT2D eigenvalue weighted by Crippen LogP contribution is -2.51. The van der Waals surface area contributed by atoms with E-state index in [9.17, 15) is 9.59 Å². The van der Waals surface area contributed by atoms with Gasteiger partial charge in [0, 0.05) is 49.2 Å². The molecule has 0 spiro atoms. The Balaban J connectivity index is 1.52. The third kappa shape index (κ3) is 5.39. The van der Waals surface area contributed by atoms with Crippen molar-refractivity contribution < 1.29 is 14.3 Å². The van der Waals surface area contributed by atoms with E-state index in [1.807, 2.05) is 21.9 Å². The Morgan fingerprint density at radius 1 is 1.10 bits per heavy atom. The van der Waals surface area contributed by atoms with Gasteiger partial charge in [0.1, 0.15) is 11.4 Å². The first-order valence-electron chi connectivity index (χ1n) is 11.0. The zero-order valence-electron chi connectivity index (χ0n) is 17.7. The van der Waals surface area contributed by atoms with Crippen molar-refractivity contribution >= 4 is 23.4 Å². The molecule has 1 aromatic heterocycles. The van der Waals surface area contributed by atoms with Gasteiger partial charge in [-0.05, 0) is 56.4 Å². The highest BCUT2D eigenvalue weighted by Crippen LogP contribution is 2.36. The van der Waals surface area contributed by atoms with Gasteiger partial charge >= 0.3 is 0 Å². The van der Waals surface area contributed by atoms with E-state index in [4.69, 9.17) is 16.3 Å². The second-order valence-electron chi connectivity index (χ2n) is 8.66. The molecule has 1 N–H and O–H groups in total. The van der Waals surface area contributed by atoms with Crippen molar-refractivity contribution in [3.05, 3.63) is 47.2 Å². The van der Waals surface area contributed by atoms with Gasteiger partial charge in [-0.1, -0.05) is 17.7 Å². The number of carbonyl (C=O) groups is 2. The molecule has 1 aromatic carbocycles. The van der Waals surface area contributed by atoms with Gasteiger partial charge in [-0.15, -0.1) is 0 Å². The topological polar surface area (TPSA) is 78.5 Å². The predicted octanol–water partition coefficient (Wildman–Crippen LogP) is 3.77. The predicted molar refractivity (Wildman–Crippen MR) is 118 cm³/mol.